The molecule has 5 heteroatoms. The Bertz CT molecular complexity index is 614. The Morgan fingerprint density at radius 2 is 1.95 bits per heavy atom. The predicted octanol–water partition coefficient (Wildman–Crippen LogP) is 2.69. The molecule has 0 spiro atoms. The van der Waals surface area contributed by atoms with Gasteiger partial charge in [-0.1, -0.05) is 35.5 Å². The molecule has 0 bridgehead atoms. The third-order valence-corrected chi connectivity index (χ3v) is 2.98. The highest BCUT2D eigenvalue weighted by molar-refractivity contribution is 5.78. The molecule has 1 amide bonds. The number of aromatic nitrogens is 1. The molecule has 0 aliphatic carbocycles. The molecule has 0 radical (unpaired) electrons. The second-order valence-corrected chi connectivity index (χ2v) is 6.52. The summed E-state index contributed by atoms with van der Waals surface area (Å²) in [6.07, 6.45) is 0. The first-order valence-corrected chi connectivity index (χ1v) is 7.34. The standard InChI is InChI=1S/C17H23N3O2/c1-17(2,3)18-16(21)12-20(4)11-14-10-15(22-19-14)13-8-6-5-7-9-13/h5-10H,11-12H2,1-4H3,(H,18,21). The van der Waals surface area contributed by atoms with Crippen molar-refractivity contribution in [3.63, 3.8) is 0 Å². The van der Waals surface area contributed by atoms with Crippen LogP contribution in [0.3, 0.4) is 0 Å². The van der Waals surface area contributed by atoms with E-state index in [4.69, 9.17) is 4.52 Å². The van der Waals surface area contributed by atoms with E-state index in [0.29, 0.717) is 13.1 Å². The van der Waals surface area contributed by atoms with E-state index in [9.17, 15) is 4.79 Å². The van der Waals surface area contributed by atoms with E-state index in [2.05, 4.69) is 10.5 Å². The van der Waals surface area contributed by atoms with E-state index in [1.165, 1.54) is 0 Å². The van der Waals surface area contributed by atoms with Crippen LogP contribution in [0.5, 0.6) is 0 Å². The number of benzene rings is 1. The van der Waals surface area contributed by atoms with Gasteiger partial charge in [-0.25, -0.2) is 0 Å². The molecule has 0 aliphatic rings. The summed E-state index contributed by atoms with van der Waals surface area (Å²) >= 11 is 0. The van der Waals surface area contributed by atoms with Crippen molar-refractivity contribution in [1.82, 2.24) is 15.4 Å². The topological polar surface area (TPSA) is 58.4 Å². The maximum absolute atomic E-state index is 11.9. The summed E-state index contributed by atoms with van der Waals surface area (Å²) in [5.74, 6) is 0.741. The van der Waals surface area contributed by atoms with Crippen LogP contribution < -0.4 is 5.32 Å². The summed E-state index contributed by atoms with van der Waals surface area (Å²) in [6.45, 7) is 6.79. The summed E-state index contributed by atoms with van der Waals surface area (Å²) in [7, 11) is 1.89. The third-order valence-electron chi connectivity index (χ3n) is 2.98. The highest BCUT2D eigenvalue weighted by atomic mass is 16.5. The van der Waals surface area contributed by atoms with Gasteiger partial charge >= 0.3 is 0 Å². The van der Waals surface area contributed by atoms with Crippen LogP contribution in [-0.4, -0.2) is 35.1 Å². The van der Waals surface area contributed by atoms with E-state index >= 15 is 0 Å². The summed E-state index contributed by atoms with van der Waals surface area (Å²) in [6, 6.07) is 11.7. The number of hydrogen-bond donors (Lipinski definition) is 1. The Labute approximate surface area is 131 Å². The fourth-order valence-corrected chi connectivity index (χ4v) is 2.16. The molecule has 118 valence electrons. The van der Waals surface area contributed by atoms with E-state index in [0.717, 1.165) is 17.0 Å². The monoisotopic (exact) mass is 301 g/mol. The molecular weight excluding hydrogens is 278 g/mol. The minimum absolute atomic E-state index is 0.00165. The number of carbonyl (C=O) groups is 1. The Balaban J connectivity index is 1.91. The van der Waals surface area contributed by atoms with E-state index in [1.54, 1.807) is 0 Å². The van der Waals surface area contributed by atoms with Gasteiger partial charge in [-0.05, 0) is 27.8 Å². The number of rotatable bonds is 5. The van der Waals surface area contributed by atoms with Gasteiger partial charge in [0.2, 0.25) is 5.91 Å². The first-order valence-electron chi connectivity index (χ1n) is 7.34. The third kappa shape index (κ3) is 5.00. The Kier molecular flexibility index (Phi) is 4.98. The van der Waals surface area contributed by atoms with Crippen LogP contribution in [0.4, 0.5) is 0 Å². The van der Waals surface area contributed by atoms with Gasteiger partial charge in [0.15, 0.2) is 5.76 Å². The quantitative estimate of drug-likeness (QED) is 0.922. The van der Waals surface area contributed by atoms with Crippen molar-refractivity contribution in [2.75, 3.05) is 13.6 Å². The van der Waals surface area contributed by atoms with Crippen molar-refractivity contribution < 1.29 is 9.32 Å². The SMILES string of the molecule is CN(CC(=O)NC(C)(C)C)Cc1cc(-c2ccccc2)on1. The zero-order valence-corrected chi connectivity index (χ0v) is 13.6. The Hall–Kier alpha value is -2.14. The van der Waals surface area contributed by atoms with Gasteiger partial charge in [-0.15, -0.1) is 0 Å². The van der Waals surface area contributed by atoms with Gasteiger partial charge in [0.1, 0.15) is 0 Å². The molecule has 2 aromatic rings. The molecule has 0 saturated heterocycles. The molecule has 1 heterocycles. The Morgan fingerprint density at radius 1 is 1.27 bits per heavy atom. The van der Waals surface area contributed by atoms with Crippen molar-refractivity contribution >= 4 is 5.91 Å². The molecule has 0 saturated carbocycles. The number of carbonyl (C=O) groups excluding carboxylic acids is 1. The smallest absolute Gasteiger partial charge is 0.234 e. The zero-order chi connectivity index (χ0) is 16.2. The molecule has 1 aromatic heterocycles. The summed E-state index contributed by atoms with van der Waals surface area (Å²) in [4.78, 5) is 13.8. The fourth-order valence-electron chi connectivity index (χ4n) is 2.16. The fraction of sp³-hybridized carbons (Fsp3) is 0.412. The highest BCUT2D eigenvalue weighted by Crippen LogP contribution is 2.20. The molecular formula is C17H23N3O2. The molecule has 22 heavy (non-hydrogen) atoms. The maximum atomic E-state index is 11.9. The van der Waals surface area contributed by atoms with Crippen LogP contribution in [-0.2, 0) is 11.3 Å². The van der Waals surface area contributed by atoms with Crippen LogP contribution in [0, 0.1) is 0 Å². The lowest BCUT2D eigenvalue weighted by molar-refractivity contribution is -0.123. The minimum atomic E-state index is -0.216. The van der Waals surface area contributed by atoms with Gasteiger partial charge in [-0.2, -0.15) is 0 Å². The number of likely N-dealkylation sites (N-methyl/N-ethyl adjacent to an activating group) is 1. The summed E-state index contributed by atoms with van der Waals surface area (Å²) in [5, 5.41) is 7.01. The van der Waals surface area contributed by atoms with Gasteiger partial charge < -0.3 is 9.84 Å². The Morgan fingerprint density at radius 3 is 2.59 bits per heavy atom. The summed E-state index contributed by atoms with van der Waals surface area (Å²) < 4.78 is 5.36. The molecule has 5 nitrogen and oxygen atoms in total. The van der Waals surface area contributed by atoms with Crippen molar-refractivity contribution in [3.05, 3.63) is 42.1 Å². The van der Waals surface area contributed by atoms with E-state index < -0.39 is 0 Å². The molecule has 1 N–H and O–H groups in total. The number of hydrogen-bond acceptors (Lipinski definition) is 4. The van der Waals surface area contributed by atoms with E-state index in [-0.39, 0.29) is 11.4 Å². The van der Waals surface area contributed by atoms with Crippen molar-refractivity contribution in [2.45, 2.75) is 32.9 Å². The molecule has 0 unspecified atom stereocenters. The number of nitrogens with zero attached hydrogens (tertiary/aromatic N) is 2. The second-order valence-electron chi connectivity index (χ2n) is 6.52. The molecule has 1 aromatic carbocycles. The first-order chi connectivity index (χ1) is 10.3. The van der Waals surface area contributed by atoms with Gasteiger partial charge in [0, 0.05) is 23.7 Å². The van der Waals surface area contributed by atoms with Crippen LogP contribution >= 0.6 is 0 Å². The van der Waals surface area contributed by atoms with E-state index in [1.807, 2.05) is 69.1 Å². The van der Waals surface area contributed by atoms with Gasteiger partial charge in [0.25, 0.3) is 0 Å². The number of amides is 1. The molecule has 0 fully saturated rings. The highest BCUT2D eigenvalue weighted by Gasteiger charge is 2.16. The van der Waals surface area contributed by atoms with Gasteiger partial charge in [0.05, 0.1) is 12.2 Å². The van der Waals surface area contributed by atoms with Crippen LogP contribution in [0.15, 0.2) is 40.9 Å². The van der Waals surface area contributed by atoms with Crippen molar-refractivity contribution in [1.29, 1.82) is 0 Å². The minimum Gasteiger partial charge on any atom is -0.356 e. The van der Waals surface area contributed by atoms with Crippen molar-refractivity contribution in [2.24, 2.45) is 0 Å². The molecule has 0 atom stereocenters. The molecule has 0 aliphatic heterocycles. The van der Waals surface area contributed by atoms with Crippen LogP contribution in [0.1, 0.15) is 26.5 Å². The summed E-state index contributed by atoms with van der Waals surface area (Å²) in [5.41, 5.74) is 1.59. The normalized spacial score (nSPS) is 11.7. The van der Waals surface area contributed by atoms with Crippen LogP contribution in [0.2, 0.25) is 0 Å². The largest absolute Gasteiger partial charge is 0.356 e. The van der Waals surface area contributed by atoms with Crippen LogP contribution in [0.25, 0.3) is 11.3 Å². The molecule has 2 rings (SSSR count). The predicted molar refractivity (Wildman–Crippen MR) is 86.2 cm³/mol. The van der Waals surface area contributed by atoms with Gasteiger partial charge in [-0.3, -0.25) is 9.69 Å². The lowest BCUT2D eigenvalue weighted by Gasteiger charge is -2.22. The zero-order valence-electron chi connectivity index (χ0n) is 13.6. The number of nitrogens with one attached hydrogen (secondary N) is 1. The second kappa shape index (κ2) is 6.75. The maximum Gasteiger partial charge on any atom is 0.234 e. The average molecular weight is 301 g/mol. The average Bonchev–Trinajstić information content (AvgIpc) is 2.85. The first kappa shape index (κ1) is 16.2. The lowest BCUT2D eigenvalue weighted by atomic mass is 10.1. The lowest BCUT2D eigenvalue weighted by Crippen LogP contribution is -2.45. The van der Waals surface area contributed by atoms with Crippen molar-refractivity contribution in [3.8, 4) is 11.3 Å².